The first-order valence-electron chi connectivity index (χ1n) is 5.20. The molecule has 2 N–H and O–H groups in total. The van der Waals surface area contributed by atoms with Crippen molar-refractivity contribution < 1.29 is 19.8 Å². The third-order valence-corrected chi connectivity index (χ3v) is 2.29. The van der Waals surface area contributed by atoms with Gasteiger partial charge in [0.15, 0.2) is 0 Å². The fourth-order valence-electron chi connectivity index (χ4n) is 1.37. The summed E-state index contributed by atoms with van der Waals surface area (Å²) in [4.78, 5) is 27.4. The van der Waals surface area contributed by atoms with Gasteiger partial charge in [-0.1, -0.05) is 0 Å². The van der Waals surface area contributed by atoms with E-state index in [0.29, 0.717) is 6.54 Å². The molecule has 0 aliphatic carbocycles. The Labute approximate surface area is 98.5 Å². The number of carboxylic acid groups (broad SMARTS) is 1. The zero-order chi connectivity index (χ0) is 12.8. The minimum absolute atomic E-state index is 0.117. The largest absolute Gasteiger partial charge is 0.505 e. The van der Waals surface area contributed by atoms with Gasteiger partial charge in [0.2, 0.25) is 0 Å². The van der Waals surface area contributed by atoms with Crippen LogP contribution in [-0.2, 0) is 4.79 Å². The van der Waals surface area contributed by atoms with Crippen LogP contribution in [0.1, 0.15) is 23.7 Å². The van der Waals surface area contributed by atoms with Crippen molar-refractivity contribution >= 4 is 11.9 Å². The predicted octanol–water partition coefficient (Wildman–Crippen LogP) is 0.724. The van der Waals surface area contributed by atoms with Gasteiger partial charge in [-0.3, -0.25) is 14.6 Å². The third kappa shape index (κ3) is 3.44. The lowest BCUT2D eigenvalue weighted by atomic mass is 10.2. The van der Waals surface area contributed by atoms with E-state index in [1.54, 1.807) is 6.92 Å². The molecule has 0 aromatic carbocycles. The highest BCUT2D eigenvalue weighted by molar-refractivity contribution is 5.96. The van der Waals surface area contributed by atoms with Gasteiger partial charge >= 0.3 is 5.97 Å². The summed E-state index contributed by atoms with van der Waals surface area (Å²) in [6.45, 7) is 2.25. The number of amides is 1. The van der Waals surface area contributed by atoms with Crippen LogP contribution in [0.15, 0.2) is 18.5 Å². The van der Waals surface area contributed by atoms with Crippen LogP contribution in [0.4, 0.5) is 0 Å². The quantitative estimate of drug-likeness (QED) is 0.788. The number of pyridine rings is 1. The summed E-state index contributed by atoms with van der Waals surface area (Å²) in [5.41, 5.74) is 0.132. The maximum atomic E-state index is 12.0. The van der Waals surface area contributed by atoms with Crippen molar-refractivity contribution in [3.63, 3.8) is 0 Å². The van der Waals surface area contributed by atoms with E-state index in [1.807, 2.05) is 0 Å². The lowest BCUT2D eigenvalue weighted by Crippen LogP contribution is -2.32. The van der Waals surface area contributed by atoms with Crippen molar-refractivity contribution in [3.05, 3.63) is 24.0 Å². The SMILES string of the molecule is CCN(CCC(=O)O)C(=O)c1ccncc1O. The lowest BCUT2D eigenvalue weighted by molar-refractivity contribution is -0.137. The summed E-state index contributed by atoms with van der Waals surface area (Å²) >= 11 is 0. The van der Waals surface area contributed by atoms with Crippen LogP contribution in [0.25, 0.3) is 0 Å². The molecule has 0 aliphatic heterocycles. The topological polar surface area (TPSA) is 90.7 Å². The maximum absolute atomic E-state index is 12.0. The molecule has 1 heterocycles. The number of aliphatic carboxylic acids is 1. The fourth-order valence-corrected chi connectivity index (χ4v) is 1.37. The molecule has 6 heteroatoms. The highest BCUT2D eigenvalue weighted by Crippen LogP contribution is 2.16. The van der Waals surface area contributed by atoms with Crippen molar-refractivity contribution in [3.8, 4) is 5.75 Å². The van der Waals surface area contributed by atoms with Crippen LogP contribution in [0, 0.1) is 0 Å². The molecule has 92 valence electrons. The molecule has 0 bridgehead atoms. The van der Waals surface area contributed by atoms with Crippen LogP contribution >= 0.6 is 0 Å². The van der Waals surface area contributed by atoms with Gasteiger partial charge in [0.05, 0.1) is 18.2 Å². The van der Waals surface area contributed by atoms with Crippen molar-refractivity contribution in [2.75, 3.05) is 13.1 Å². The van der Waals surface area contributed by atoms with Crippen LogP contribution in [-0.4, -0.2) is 45.1 Å². The normalized spacial score (nSPS) is 9.94. The highest BCUT2D eigenvalue weighted by atomic mass is 16.4. The molecule has 6 nitrogen and oxygen atoms in total. The first-order chi connectivity index (χ1) is 8.06. The Balaban J connectivity index is 2.79. The van der Waals surface area contributed by atoms with E-state index in [-0.39, 0.29) is 24.3 Å². The zero-order valence-electron chi connectivity index (χ0n) is 9.46. The average molecular weight is 238 g/mol. The summed E-state index contributed by atoms with van der Waals surface area (Å²) < 4.78 is 0. The highest BCUT2D eigenvalue weighted by Gasteiger charge is 2.18. The van der Waals surface area contributed by atoms with Crippen molar-refractivity contribution in [2.45, 2.75) is 13.3 Å². The molecule has 1 aromatic heterocycles. The fraction of sp³-hybridized carbons (Fsp3) is 0.364. The number of aromatic hydroxyl groups is 1. The Morgan fingerprint density at radius 1 is 1.47 bits per heavy atom. The summed E-state index contributed by atoms with van der Waals surface area (Å²) in [5, 5.41) is 18.0. The van der Waals surface area contributed by atoms with Gasteiger partial charge in [0, 0.05) is 19.3 Å². The first kappa shape index (κ1) is 13.0. The minimum atomic E-state index is -0.963. The van der Waals surface area contributed by atoms with Crippen molar-refractivity contribution in [1.29, 1.82) is 0 Å². The third-order valence-electron chi connectivity index (χ3n) is 2.29. The Morgan fingerprint density at radius 3 is 2.71 bits per heavy atom. The second-order valence-electron chi connectivity index (χ2n) is 3.42. The number of nitrogens with zero attached hydrogens (tertiary/aromatic N) is 2. The molecule has 0 atom stereocenters. The summed E-state index contributed by atoms with van der Waals surface area (Å²) in [7, 11) is 0. The Morgan fingerprint density at radius 2 is 2.18 bits per heavy atom. The summed E-state index contributed by atoms with van der Waals surface area (Å²) in [5.74, 6) is -1.56. The molecule has 0 saturated carbocycles. The molecule has 1 aromatic rings. The number of hydrogen-bond acceptors (Lipinski definition) is 4. The molecule has 1 amide bonds. The summed E-state index contributed by atoms with van der Waals surface area (Å²) in [6, 6.07) is 1.40. The Bertz CT molecular complexity index is 420. The Hall–Kier alpha value is -2.11. The van der Waals surface area contributed by atoms with E-state index in [0.717, 1.165) is 0 Å². The second-order valence-corrected chi connectivity index (χ2v) is 3.42. The molecular weight excluding hydrogens is 224 g/mol. The summed E-state index contributed by atoms with van der Waals surface area (Å²) in [6.07, 6.45) is 2.46. The Kier molecular flexibility index (Phi) is 4.45. The monoisotopic (exact) mass is 238 g/mol. The molecule has 0 unspecified atom stereocenters. The predicted molar refractivity (Wildman–Crippen MR) is 59.7 cm³/mol. The van der Waals surface area contributed by atoms with Crippen molar-refractivity contribution in [1.82, 2.24) is 9.88 Å². The van der Waals surface area contributed by atoms with Crippen LogP contribution in [0.2, 0.25) is 0 Å². The number of carbonyl (C=O) groups excluding carboxylic acids is 1. The van der Waals surface area contributed by atoms with E-state index in [9.17, 15) is 14.7 Å². The maximum Gasteiger partial charge on any atom is 0.305 e. The van der Waals surface area contributed by atoms with Crippen molar-refractivity contribution in [2.24, 2.45) is 0 Å². The van der Waals surface area contributed by atoms with Gasteiger partial charge in [0.1, 0.15) is 5.75 Å². The van der Waals surface area contributed by atoms with E-state index < -0.39 is 11.9 Å². The zero-order valence-corrected chi connectivity index (χ0v) is 9.46. The van der Waals surface area contributed by atoms with E-state index in [2.05, 4.69) is 4.98 Å². The van der Waals surface area contributed by atoms with Gasteiger partial charge in [-0.15, -0.1) is 0 Å². The van der Waals surface area contributed by atoms with Crippen LogP contribution < -0.4 is 0 Å². The molecule has 0 fully saturated rings. The van der Waals surface area contributed by atoms with Crippen LogP contribution in [0.3, 0.4) is 0 Å². The molecule has 1 rings (SSSR count). The minimum Gasteiger partial charge on any atom is -0.505 e. The average Bonchev–Trinajstić information content (AvgIpc) is 2.29. The number of rotatable bonds is 5. The van der Waals surface area contributed by atoms with Gasteiger partial charge in [-0.2, -0.15) is 0 Å². The van der Waals surface area contributed by atoms with E-state index in [4.69, 9.17) is 5.11 Å². The number of hydrogen-bond donors (Lipinski definition) is 2. The van der Waals surface area contributed by atoms with E-state index in [1.165, 1.54) is 23.4 Å². The smallest absolute Gasteiger partial charge is 0.305 e. The first-order valence-corrected chi connectivity index (χ1v) is 5.20. The van der Waals surface area contributed by atoms with E-state index >= 15 is 0 Å². The standard InChI is InChI=1S/C11H14N2O4/c1-2-13(6-4-10(15)16)11(17)8-3-5-12-7-9(8)14/h3,5,7,14H,2,4,6H2,1H3,(H,15,16). The second kappa shape index (κ2) is 5.83. The van der Waals surface area contributed by atoms with Gasteiger partial charge in [0.25, 0.3) is 5.91 Å². The molecule has 17 heavy (non-hydrogen) atoms. The van der Waals surface area contributed by atoms with Crippen LogP contribution in [0.5, 0.6) is 5.75 Å². The number of aromatic nitrogens is 1. The molecule has 0 radical (unpaired) electrons. The van der Waals surface area contributed by atoms with Gasteiger partial charge in [-0.25, -0.2) is 0 Å². The molecule has 0 saturated heterocycles. The number of carbonyl (C=O) groups is 2. The lowest BCUT2D eigenvalue weighted by Gasteiger charge is -2.20. The molecule has 0 aliphatic rings. The van der Waals surface area contributed by atoms with Gasteiger partial charge < -0.3 is 15.1 Å². The molecular formula is C11H14N2O4. The van der Waals surface area contributed by atoms with Gasteiger partial charge in [-0.05, 0) is 13.0 Å². The number of carboxylic acids is 1. The molecule has 0 spiro atoms.